The fraction of sp³-hybridized carbons (Fsp3) is 0.467. The lowest BCUT2D eigenvalue weighted by molar-refractivity contribution is 0.325. The molecule has 0 atom stereocenters. The molecule has 0 unspecified atom stereocenters. The molecule has 1 fully saturated rings. The van der Waals surface area contributed by atoms with Crippen molar-refractivity contribution in [3.05, 3.63) is 29.8 Å². The standard InChI is InChI=1S/C15H16N2O2/c16-10-19-15-7-3-13(4-8-15)9-12-1-5-14(6-2-12)17-11-18/h3-4,7-8,12,14H,1-2,5-6,9H2. The van der Waals surface area contributed by atoms with Crippen molar-refractivity contribution in [1.29, 1.82) is 5.26 Å². The SMILES string of the molecule is N#COc1ccc(CC2CCC(N=C=O)CC2)cc1. The molecule has 0 saturated heterocycles. The lowest BCUT2D eigenvalue weighted by Crippen LogP contribution is -2.18. The monoisotopic (exact) mass is 256 g/mol. The highest BCUT2D eigenvalue weighted by Gasteiger charge is 2.20. The van der Waals surface area contributed by atoms with Crippen LogP contribution in [-0.2, 0) is 11.2 Å². The average Bonchev–Trinajstić information content (AvgIpc) is 2.44. The van der Waals surface area contributed by atoms with Crippen LogP contribution in [0.5, 0.6) is 5.75 Å². The molecule has 0 heterocycles. The Hall–Kier alpha value is -2.11. The predicted octanol–water partition coefficient (Wildman–Crippen LogP) is 2.98. The van der Waals surface area contributed by atoms with Crippen molar-refractivity contribution < 1.29 is 9.53 Å². The zero-order chi connectivity index (χ0) is 13.5. The third-order valence-electron chi connectivity index (χ3n) is 3.66. The molecule has 98 valence electrons. The van der Waals surface area contributed by atoms with Gasteiger partial charge in [0.15, 0.2) is 0 Å². The van der Waals surface area contributed by atoms with E-state index in [9.17, 15) is 4.79 Å². The maximum atomic E-state index is 10.2. The molecule has 0 amide bonds. The number of nitrogens with zero attached hydrogens (tertiary/aromatic N) is 2. The number of rotatable bonds is 4. The number of benzene rings is 1. The van der Waals surface area contributed by atoms with Gasteiger partial charge in [0.05, 0.1) is 6.04 Å². The highest BCUT2D eigenvalue weighted by molar-refractivity contribution is 5.33. The molecule has 0 spiro atoms. The van der Waals surface area contributed by atoms with E-state index in [1.807, 2.05) is 24.3 Å². The third-order valence-corrected chi connectivity index (χ3v) is 3.66. The van der Waals surface area contributed by atoms with Gasteiger partial charge in [0.2, 0.25) is 6.08 Å². The number of nitriles is 1. The van der Waals surface area contributed by atoms with Crippen LogP contribution in [0.1, 0.15) is 31.2 Å². The summed E-state index contributed by atoms with van der Waals surface area (Å²) in [5.41, 5.74) is 1.26. The van der Waals surface area contributed by atoms with Gasteiger partial charge in [-0.15, -0.1) is 5.26 Å². The van der Waals surface area contributed by atoms with Gasteiger partial charge in [0.25, 0.3) is 6.26 Å². The van der Waals surface area contributed by atoms with Crippen LogP contribution in [0.15, 0.2) is 29.3 Å². The quantitative estimate of drug-likeness (QED) is 0.472. The molecule has 1 aromatic carbocycles. The molecule has 1 aliphatic carbocycles. The van der Waals surface area contributed by atoms with Crippen molar-refractivity contribution >= 4 is 6.08 Å². The first-order chi connectivity index (χ1) is 9.31. The molecular weight excluding hydrogens is 240 g/mol. The summed E-state index contributed by atoms with van der Waals surface area (Å²) in [4.78, 5) is 14.0. The van der Waals surface area contributed by atoms with Crippen molar-refractivity contribution in [1.82, 2.24) is 0 Å². The molecular formula is C15H16N2O2. The number of isocyanates is 1. The number of hydrogen-bond acceptors (Lipinski definition) is 4. The van der Waals surface area contributed by atoms with Gasteiger partial charge < -0.3 is 4.74 Å². The fourth-order valence-corrected chi connectivity index (χ4v) is 2.63. The van der Waals surface area contributed by atoms with Crippen molar-refractivity contribution in [2.45, 2.75) is 38.1 Å². The smallest absolute Gasteiger partial charge is 0.292 e. The van der Waals surface area contributed by atoms with Crippen molar-refractivity contribution in [3.63, 3.8) is 0 Å². The molecule has 2 rings (SSSR count). The summed E-state index contributed by atoms with van der Waals surface area (Å²) in [6.07, 6.45) is 8.52. The van der Waals surface area contributed by atoms with Gasteiger partial charge >= 0.3 is 0 Å². The maximum absolute atomic E-state index is 10.2. The van der Waals surface area contributed by atoms with Crippen molar-refractivity contribution in [2.75, 3.05) is 0 Å². The Morgan fingerprint density at radius 2 is 1.89 bits per heavy atom. The number of aliphatic imine (C=N–C) groups is 1. The largest absolute Gasteiger partial charge is 0.388 e. The van der Waals surface area contributed by atoms with E-state index in [-0.39, 0.29) is 6.04 Å². The van der Waals surface area contributed by atoms with Crippen LogP contribution in [-0.4, -0.2) is 12.1 Å². The van der Waals surface area contributed by atoms with Gasteiger partial charge in [-0.3, -0.25) is 0 Å². The topological polar surface area (TPSA) is 62.4 Å². The Morgan fingerprint density at radius 1 is 1.21 bits per heavy atom. The van der Waals surface area contributed by atoms with E-state index in [1.54, 1.807) is 12.3 Å². The molecule has 4 nitrogen and oxygen atoms in total. The second-order valence-corrected chi connectivity index (χ2v) is 4.94. The van der Waals surface area contributed by atoms with E-state index in [0.29, 0.717) is 11.7 Å². The lowest BCUT2D eigenvalue weighted by atomic mass is 9.82. The highest BCUT2D eigenvalue weighted by atomic mass is 16.5. The minimum atomic E-state index is 0.181. The van der Waals surface area contributed by atoms with E-state index >= 15 is 0 Å². The molecule has 4 heteroatoms. The van der Waals surface area contributed by atoms with Crippen LogP contribution >= 0.6 is 0 Å². The van der Waals surface area contributed by atoms with E-state index in [2.05, 4.69) is 4.99 Å². The first-order valence-electron chi connectivity index (χ1n) is 6.53. The van der Waals surface area contributed by atoms with E-state index in [4.69, 9.17) is 10.00 Å². The molecule has 1 saturated carbocycles. The van der Waals surface area contributed by atoms with Gasteiger partial charge in [-0.05, 0) is 55.7 Å². The number of carbonyl (C=O) groups excluding carboxylic acids is 1. The Morgan fingerprint density at radius 3 is 2.47 bits per heavy atom. The van der Waals surface area contributed by atoms with Gasteiger partial charge in [0, 0.05) is 0 Å². The van der Waals surface area contributed by atoms with E-state index in [1.165, 1.54) is 5.56 Å². The lowest BCUT2D eigenvalue weighted by Gasteiger charge is -2.25. The minimum Gasteiger partial charge on any atom is -0.388 e. The van der Waals surface area contributed by atoms with Crippen molar-refractivity contribution in [2.24, 2.45) is 10.9 Å². The van der Waals surface area contributed by atoms with Crippen LogP contribution in [0.4, 0.5) is 0 Å². The van der Waals surface area contributed by atoms with Gasteiger partial charge in [0.1, 0.15) is 5.75 Å². The molecule has 0 aromatic heterocycles. The first kappa shape index (κ1) is 13.3. The molecule has 0 aliphatic heterocycles. The number of ether oxygens (including phenoxy) is 1. The summed E-state index contributed by atoms with van der Waals surface area (Å²) in [6.45, 7) is 0. The van der Waals surface area contributed by atoms with Crippen LogP contribution in [0, 0.1) is 17.4 Å². The minimum absolute atomic E-state index is 0.181. The van der Waals surface area contributed by atoms with Crippen LogP contribution in [0.25, 0.3) is 0 Å². The Kier molecular flexibility index (Phi) is 4.72. The Labute approximate surface area is 112 Å². The normalized spacial score (nSPS) is 22.1. The Balaban J connectivity index is 1.85. The third kappa shape index (κ3) is 3.94. The summed E-state index contributed by atoms with van der Waals surface area (Å²) < 4.78 is 4.75. The maximum Gasteiger partial charge on any atom is 0.292 e. The summed E-state index contributed by atoms with van der Waals surface area (Å²) in [7, 11) is 0. The summed E-state index contributed by atoms with van der Waals surface area (Å²) in [6, 6.07) is 7.83. The van der Waals surface area contributed by atoms with Gasteiger partial charge in [-0.2, -0.15) is 0 Å². The summed E-state index contributed by atoms with van der Waals surface area (Å²) in [5, 5.41) is 8.41. The zero-order valence-corrected chi connectivity index (χ0v) is 10.7. The molecule has 1 aromatic rings. The van der Waals surface area contributed by atoms with Crippen LogP contribution in [0.2, 0.25) is 0 Å². The van der Waals surface area contributed by atoms with E-state index < -0.39 is 0 Å². The van der Waals surface area contributed by atoms with Crippen LogP contribution in [0.3, 0.4) is 0 Å². The van der Waals surface area contributed by atoms with Crippen LogP contribution < -0.4 is 4.74 Å². The van der Waals surface area contributed by atoms with E-state index in [0.717, 1.165) is 32.1 Å². The van der Waals surface area contributed by atoms with Crippen molar-refractivity contribution in [3.8, 4) is 12.0 Å². The first-order valence-corrected chi connectivity index (χ1v) is 6.53. The molecule has 1 aliphatic rings. The molecule has 19 heavy (non-hydrogen) atoms. The fourth-order valence-electron chi connectivity index (χ4n) is 2.63. The summed E-state index contributed by atoms with van der Waals surface area (Å²) in [5.74, 6) is 1.23. The average molecular weight is 256 g/mol. The molecule has 0 radical (unpaired) electrons. The van der Waals surface area contributed by atoms with Gasteiger partial charge in [-0.25, -0.2) is 9.79 Å². The number of hydrogen-bond donors (Lipinski definition) is 0. The predicted molar refractivity (Wildman–Crippen MR) is 70.3 cm³/mol. The molecule has 0 N–H and O–H groups in total. The Bertz CT molecular complexity index is 490. The second kappa shape index (κ2) is 6.72. The summed E-state index contributed by atoms with van der Waals surface area (Å²) >= 11 is 0. The molecule has 0 bridgehead atoms. The second-order valence-electron chi connectivity index (χ2n) is 4.94. The zero-order valence-electron chi connectivity index (χ0n) is 10.7. The highest BCUT2D eigenvalue weighted by Crippen LogP contribution is 2.29. The van der Waals surface area contributed by atoms with Gasteiger partial charge in [-0.1, -0.05) is 12.1 Å².